The summed E-state index contributed by atoms with van der Waals surface area (Å²) in [6.45, 7) is 7.63. The van der Waals surface area contributed by atoms with E-state index in [4.69, 9.17) is 4.74 Å². The summed E-state index contributed by atoms with van der Waals surface area (Å²) in [6.07, 6.45) is 4.33. The van der Waals surface area contributed by atoms with Crippen LogP contribution >= 0.6 is 0 Å². The lowest BCUT2D eigenvalue weighted by atomic mass is 9.69. The van der Waals surface area contributed by atoms with E-state index in [2.05, 4.69) is 13.8 Å². The number of ketones is 1. The Morgan fingerprint density at radius 2 is 2.29 bits per heavy atom. The highest BCUT2D eigenvalue weighted by Gasteiger charge is 2.38. The predicted octanol–water partition coefficient (Wildman–Crippen LogP) is 2.81. The molecular formula is C12H22O2. The average Bonchev–Trinajstić information content (AvgIpc) is 2.19. The Morgan fingerprint density at radius 1 is 1.57 bits per heavy atom. The molecule has 1 saturated heterocycles. The van der Waals surface area contributed by atoms with Crippen molar-refractivity contribution < 1.29 is 9.53 Å². The molecule has 2 heteroatoms. The molecule has 0 aliphatic carbocycles. The first-order valence-corrected chi connectivity index (χ1v) is 5.70. The van der Waals surface area contributed by atoms with Gasteiger partial charge < -0.3 is 4.74 Å². The Morgan fingerprint density at radius 3 is 2.71 bits per heavy atom. The normalized spacial score (nSPS) is 26.9. The van der Waals surface area contributed by atoms with Crippen LogP contribution in [0.2, 0.25) is 0 Å². The minimum absolute atomic E-state index is 0.144. The molecule has 2 nitrogen and oxygen atoms in total. The van der Waals surface area contributed by atoms with E-state index < -0.39 is 0 Å². The van der Waals surface area contributed by atoms with E-state index in [1.54, 1.807) is 6.92 Å². The number of Topliss-reactive ketones (excluding diaryl/α,β-unsaturated/α-hetero) is 1. The summed E-state index contributed by atoms with van der Waals surface area (Å²) < 4.78 is 5.47. The molecule has 0 spiro atoms. The van der Waals surface area contributed by atoms with Gasteiger partial charge in [0.2, 0.25) is 0 Å². The molecule has 0 amide bonds. The maximum Gasteiger partial charge on any atom is 0.136 e. The number of carbonyl (C=O) groups excluding carboxylic acids is 1. The Bertz CT molecular complexity index is 194. The number of rotatable bonds is 4. The van der Waals surface area contributed by atoms with Gasteiger partial charge in [0.25, 0.3) is 0 Å². The van der Waals surface area contributed by atoms with Crippen molar-refractivity contribution in [1.82, 2.24) is 0 Å². The molecule has 2 atom stereocenters. The summed E-state index contributed by atoms with van der Waals surface area (Å²) >= 11 is 0. The molecule has 0 saturated carbocycles. The van der Waals surface area contributed by atoms with Crippen LogP contribution in [0.25, 0.3) is 0 Å². The SMILES string of the molecule is CCCC(C)(C(C)=O)C1CCCOC1. The van der Waals surface area contributed by atoms with Crippen LogP contribution in [0.1, 0.15) is 46.5 Å². The topological polar surface area (TPSA) is 26.3 Å². The molecule has 0 bridgehead atoms. The van der Waals surface area contributed by atoms with Gasteiger partial charge in [-0.1, -0.05) is 20.3 Å². The lowest BCUT2D eigenvalue weighted by molar-refractivity contribution is -0.132. The van der Waals surface area contributed by atoms with Crippen molar-refractivity contribution in [1.29, 1.82) is 0 Å². The molecule has 82 valence electrons. The number of hydrogen-bond donors (Lipinski definition) is 0. The molecule has 0 aromatic heterocycles. The third kappa shape index (κ3) is 2.35. The van der Waals surface area contributed by atoms with Crippen LogP contribution in [0.3, 0.4) is 0 Å². The van der Waals surface area contributed by atoms with E-state index in [9.17, 15) is 4.79 Å². The largest absolute Gasteiger partial charge is 0.381 e. The smallest absolute Gasteiger partial charge is 0.136 e. The average molecular weight is 198 g/mol. The maximum absolute atomic E-state index is 11.7. The summed E-state index contributed by atoms with van der Waals surface area (Å²) in [5, 5.41) is 0. The fourth-order valence-electron chi connectivity index (χ4n) is 2.43. The monoisotopic (exact) mass is 198 g/mol. The van der Waals surface area contributed by atoms with Gasteiger partial charge in [0.1, 0.15) is 5.78 Å². The van der Waals surface area contributed by atoms with Crippen LogP contribution in [-0.4, -0.2) is 19.0 Å². The van der Waals surface area contributed by atoms with E-state index in [-0.39, 0.29) is 5.41 Å². The standard InChI is InChI=1S/C12H22O2/c1-4-7-12(3,10(2)13)11-6-5-8-14-9-11/h11H,4-9H2,1-3H3. The van der Waals surface area contributed by atoms with Crippen molar-refractivity contribution in [3.63, 3.8) is 0 Å². The maximum atomic E-state index is 11.7. The highest BCUT2D eigenvalue weighted by molar-refractivity contribution is 5.82. The van der Waals surface area contributed by atoms with Crippen molar-refractivity contribution in [2.24, 2.45) is 11.3 Å². The minimum atomic E-state index is -0.144. The van der Waals surface area contributed by atoms with Gasteiger partial charge >= 0.3 is 0 Å². The molecule has 0 radical (unpaired) electrons. The van der Waals surface area contributed by atoms with Gasteiger partial charge in [-0.05, 0) is 32.1 Å². The van der Waals surface area contributed by atoms with Gasteiger partial charge in [-0.3, -0.25) is 4.79 Å². The Hall–Kier alpha value is -0.370. The van der Waals surface area contributed by atoms with Gasteiger partial charge in [-0.15, -0.1) is 0 Å². The van der Waals surface area contributed by atoms with E-state index in [1.807, 2.05) is 0 Å². The molecule has 1 heterocycles. The van der Waals surface area contributed by atoms with Crippen LogP contribution in [0, 0.1) is 11.3 Å². The fourth-order valence-corrected chi connectivity index (χ4v) is 2.43. The molecule has 1 aliphatic heterocycles. The Kier molecular flexibility index (Phi) is 4.11. The van der Waals surface area contributed by atoms with Crippen LogP contribution in [0.15, 0.2) is 0 Å². The minimum Gasteiger partial charge on any atom is -0.381 e. The van der Waals surface area contributed by atoms with Crippen molar-refractivity contribution in [3.8, 4) is 0 Å². The van der Waals surface area contributed by atoms with Gasteiger partial charge in [0.05, 0.1) is 6.61 Å². The third-order valence-corrected chi connectivity index (χ3v) is 3.63. The number of hydrogen-bond acceptors (Lipinski definition) is 2. The highest BCUT2D eigenvalue weighted by atomic mass is 16.5. The summed E-state index contributed by atoms with van der Waals surface area (Å²) in [7, 11) is 0. The van der Waals surface area contributed by atoms with Crippen molar-refractivity contribution >= 4 is 5.78 Å². The van der Waals surface area contributed by atoms with E-state index in [0.29, 0.717) is 11.7 Å². The molecular weight excluding hydrogens is 176 g/mol. The predicted molar refractivity (Wildman–Crippen MR) is 57.2 cm³/mol. The molecule has 0 aromatic carbocycles. The van der Waals surface area contributed by atoms with Crippen LogP contribution in [0.4, 0.5) is 0 Å². The first kappa shape index (κ1) is 11.7. The van der Waals surface area contributed by atoms with E-state index in [1.165, 1.54) is 0 Å². The van der Waals surface area contributed by atoms with Crippen LogP contribution in [-0.2, 0) is 9.53 Å². The van der Waals surface area contributed by atoms with Crippen molar-refractivity contribution in [2.75, 3.05) is 13.2 Å². The molecule has 1 fully saturated rings. The van der Waals surface area contributed by atoms with Gasteiger partial charge in [-0.25, -0.2) is 0 Å². The summed E-state index contributed by atoms with van der Waals surface area (Å²) in [5.74, 6) is 0.767. The van der Waals surface area contributed by atoms with E-state index >= 15 is 0 Å². The molecule has 14 heavy (non-hydrogen) atoms. The zero-order valence-electron chi connectivity index (χ0n) is 9.64. The second-order valence-corrected chi connectivity index (χ2v) is 4.64. The molecule has 0 N–H and O–H groups in total. The molecule has 1 rings (SSSR count). The number of carbonyl (C=O) groups is 1. The number of ether oxygens (including phenoxy) is 1. The summed E-state index contributed by atoms with van der Waals surface area (Å²) in [4.78, 5) is 11.7. The lowest BCUT2D eigenvalue weighted by Crippen LogP contribution is -2.39. The van der Waals surface area contributed by atoms with Gasteiger partial charge in [0.15, 0.2) is 0 Å². The van der Waals surface area contributed by atoms with Crippen LogP contribution < -0.4 is 0 Å². The van der Waals surface area contributed by atoms with E-state index in [0.717, 1.165) is 38.9 Å². The zero-order valence-corrected chi connectivity index (χ0v) is 9.64. The lowest BCUT2D eigenvalue weighted by Gasteiger charge is -2.37. The second-order valence-electron chi connectivity index (χ2n) is 4.64. The van der Waals surface area contributed by atoms with Crippen molar-refractivity contribution in [2.45, 2.75) is 46.5 Å². The first-order chi connectivity index (χ1) is 6.61. The molecule has 2 unspecified atom stereocenters. The zero-order chi connectivity index (χ0) is 10.6. The quantitative estimate of drug-likeness (QED) is 0.694. The second kappa shape index (κ2) is 4.92. The first-order valence-electron chi connectivity index (χ1n) is 5.70. The van der Waals surface area contributed by atoms with Crippen LogP contribution in [0.5, 0.6) is 0 Å². The van der Waals surface area contributed by atoms with Crippen molar-refractivity contribution in [3.05, 3.63) is 0 Å². The molecule has 1 aliphatic rings. The Balaban J connectivity index is 2.69. The summed E-state index contributed by atoms with van der Waals surface area (Å²) in [6, 6.07) is 0. The molecule has 0 aromatic rings. The Labute approximate surface area is 87.0 Å². The van der Waals surface area contributed by atoms with Gasteiger partial charge in [-0.2, -0.15) is 0 Å². The summed E-state index contributed by atoms with van der Waals surface area (Å²) in [5.41, 5.74) is -0.144. The third-order valence-electron chi connectivity index (χ3n) is 3.63. The highest BCUT2D eigenvalue weighted by Crippen LogP contribution is 2.38. The van der Waals surface area contributed by atoms with Gasteiger partial charge in [0, 0.05) is 12.0 Å². The fraction of sp³-hybridized carbons (Fsp3) is 0.917.